The Morgan fingerprint density at radius 1 is 0.471 bits per heavy atom. The van der Waals surface area contributed by atoms with Crippen molar-refractivity contribution in [2.45, 2.75) is 86.5 Å². The largest absolute Gasteiger partial charge is 2.00 e. The van der Waals surface area contributed by atoms with Crippen LogP contribution < -0.4 is 9.47 Å². The molecule has 354 valence electrons. The molecule has 0 aromatic heterocycles. The quantitative estimate of drug-likeness (QED) is 0.0398. The monoisotopic (exact) mass is 970 g/mol. The van der Waals surface area contributed by atoms with Gasteiger partial charge in [-0.3, -0.25) is 14.4 Å². The standard InChI is InChI=1S/C24H28O6.C23H24O6.3C2H6.3Mg/c1-16(25)21-13-17(7-11-22(21)26)5-9-19(28-2)15-20(29-3)10-6-18-8-12-23(27)24(14-18)30-4;1-15(24)20-12-16(6-10-21(20)26)5-9-19(28-2)14-18(25)8-4-17-7-11-22(27)23(13-17)29-3;3*1-2;;;/h5-14,19-20,26-27H,15H2,1-4H3;4-13,19,26-27H,14H2,1-3H3;3*1-2H3;;;/q;;;;;3*+2/b9-5+,10-6+;8-4+,9-5+;;;;;;. The van der Waals surface area contributed by atoms with Crippen LogP contribution in [0.4, 0.5) is 0 Å². The maximum Gasteiger partial charge on any atom is 2.00 e. The Kier molecular flexibility index (Phi) is 42.1. The van der Waals surface area contributed by atoms with Gasteiger partial charge >= 0.3 is 69.2 Å². The number of carbonyl (C=O) groups excluding carboxylic acids is 3. The molecule has 3 atom stereocenters. The third-order valence-corrected chi connectivity index (χ3v) is 8.95. The zero-order valence-electron chi connectivity index (χ0n) is 42.4. The molecule has 0 saturated heterocycles. The molecule has 0 aliphatic rings. The average molecular weight is 972 g/mol. The van der Waals surface area contributed by atoms with Crippen molar-refractivity contribution in [3.05, 3.63) is 130 Å². The van der Waals surface area contributed by atoms with Gasteiger partial charge in [0.05, 0.1) is 43.7 Å². The van der Waals surface area contributed by atoms with E-state index in [4.69, 9.17) is 23.7 Å². The summed E-state index contributed by atoms with van der Waals surface area (Å²) in [4.78, 5) is 35.4. The number of carbonyl (C=O) groups is 3. The number of hydrogen-bond donors (Lipinski definition) is 4. The molecule has 0 spiro atoms. The van der Waals surface area contributed by atoms with Gasteiger partial charge in [0.15, 0.2) is 40.3 Å². The molecule has 3 unspecified atom stereocenters. The first-order valence-corrected chi connectivity index (χ1v) is 21.5. The van der Waals surface area contributed by atoms with E-state index in [9.17, 15) is 34.8 Å². The second kappa shape index (κ2) is 40.7. The minimum Gasteiger partial charge on any atom is -0.507 e. The molecule has 15 heteroatoms. The van der Waals surface area contributed by atoms with Gasteiger partial charge < -0.3 is 44.1 Å². The van der Waals surface area contributed by atoms with Crippen molar-refractivity contribution >= 4 is 111 Å². The molecule has 4 N–H and O–H groups in total. The molecule has 68 heavy (non-hydrogen) atoms. The van der Waals surface area contributed by atoms with Gasteiger partial charge in [-0.05, 0) is 90.7 Å². The molecule has 0 amide bonds. The molecule has 0 fully saturated rings. The fraction of sp³-hybridized carbons (Fsp3) is 0.340. The molecule has 0 heterocycles. The van der Waals surface area contributed by atoms with Crippen molar-refractivity contribution < 1.29 is 58.5 Å². The third-order valence-electron chi connectivity index (χ3n) is 8.95. The van der Waals surface area contributed by atoms with E-state index < -0.39 is 6.10 Å². The summed E-state index contributed by atoms with van der Waals surface area (Å²) in [5.74, 6) is 0.200. The molecule has 12 nitrogen and oxygen atoms in total. The van der Waals surface area contributed by atoms with Gasteiger partial charge in [-0.1, -0.05) is 108 Å². The Bertz CT molecular complexity index is 2180. The molecular weight excluding hydrogens is 901 g/mol. The Labute approximate surface area is 452 Å². The number of ketones is 3. The summed E-state index contributed by atoms with van der Waals surface area (Å²) in [6.45, 7) is 14.8. The van der Waals surface area contributed by atoms with Gasteiger partial charge in [0.1, 0.15) is 11.5 Å². The molecule has 0 saturated carbocycles. The summed E-state index contributed by atoms with van der Waals surface area (Å²) in [5.41, 5.74) is 3.63. The molecular formula is C53H70Mg3O12+6. The van der Waals surface area contributed by atoms with Gasteiger partial charge in [-0.2, -0.15) is 0 Å². The molecule has 4 aromatic rings. The zero-order chi connectivity index (χ0) is 49.5. The van der Waals surface area contributed by atoms with Crippen molar-refractivity contribution in [3.63, 3.8) is 0 Å². The first kappa shape index (κ1) is 70.4. The van der Waals surface area contributed by atoms with E-state index in [0.29, 0.717) is 23.5 Å². The van der Waals surface area contributed by atoms with Gasteiger partial charge in [0, 0.05) is 34.2 Å². The maximum atomic E-state index is 12.2. The van der Waals surface area contributed by atoms with E-state index in [1.165, 1.54) is 59.5 Å². The van der Waals surface area contributed by atoms with Crippen molar-refractivity contribution in [1.29, 1.82) is 0 Å². The van der Waals surface area contributed by atoms with Crippen molar-refractivity contribution in [1.82, 2.24) is 0 Å². The number of rotatable bonds is 19. The Hall–Kier alpha value is -4.17. The predicted molar refractivity (Wildman–Crippen MR) is 280 cm³/mol. The number of ether oxygens (including phenoxy) is 5. The predicted octanol–water partition coefficient (Wildman–Crippen LogP) is 10.4. The molecule has 4 rings (SSSR count). The number of phenols is 4. The van der Waals surface area contributed by atoms with Crippen LogP contribution in [0.25, 0.3) is 24.3 Å². The van der Waals surface area contributed by atoms with Crippen LogP contribution in [0.1, 0.15) is 111 Å². The summed E-state index contributed by atoms with van der Waals surface area (Å²) in [6, 6.07) is 19.5. The van der Waals surface area contributed by atoms with Gasteiger partial charge in [-0.25, -0.2) is 0 Å². The van der Waals surface area contributed by atoms with Gasteiger partial charge in [-0.15, -0.1) is 0 Å². The van der Waals surface area contributed by atoms with Crippen molar-refractivity contribution in [3.8, 4) is 34.5 Å². The van der Waals surface area contributed by atoms with Crippen LogP contribution in [0.15, 0.2) is 97.1 Å². The summed E-state index contributed by atoms with van der Waals surface area (Å²) < 4.78 is 26.6. The summed E-state index contributed by atoms with van der Waals surface area (Å²) in [6.07, 6.45) is 13.9. The van der Waals surface area contributed by atoms with Crippen LogP contribution in [0.5, 0.6) is 34.5 Å². The number of Topliss-reactive ketones (excluding diaryl/α,β-unsaturated/α-hetero) is 2. The van der Waals surface area contributed by atoms with E-state index in [1.54, 1.807) is 87.0 Å². The number of allylic oxidation sites excluding steroid dienone is 1. The SMILES string of the molecule is CC.CC.CC.COc1cc(/C=C/C(=O)CC(/C=C/c2ccc(O)c(C(C)=O)c2)OC)ccc1O.COc1cc(/C=C/C(CC(/C=C/c2ccc(O)c(C(C)=O)c2)OC)OC)ccc1O.[Mg+2].[Mg+2].[Mg+2]. The van der Waals surface area contributed by atoms with Crippen LogP contribution >= 0.6 is 0 Å². The minimum atomic E-state index is -0.448. The second-order valence-electron chi connectivity index (χ2n) is 13.2. The summed E-state index contributed by atoms with van der Waals surface area (Å²) >= 11 is 0. The zero-order valence-corrected chi connectivity index (χ0v) is 46.6. The van der Waals surface area contributed by atoms with Crippen molar-refractivity contribution in [2.24, 2.45) is 0 Å². The van der Waals surface area contributed by atoms with Crippen LogP contribution in [0.2, 0.25) is 0 Å². The summed E-state index contributed by atoms with van der Waals surface area (Å²) in [7, 11) is 7.71. The molecule has 0 bridgehead atoms. The van der Waals surface area contributed by atoms with Crippen molar-refractivity contribution in [2.75, 3.05) is 35.5 Å². The van der Waals surface area contributed by atoms with Crippen LogP contribution in [-0.4, -0.2) is 161 Å². The maximum absolute atomic E-state index is 12.2. The molecule has 0 aliphatic heterocycles. The number of aromatic hydroxyl groups is 4. The smallest absolute Gasteiger partial charge is 0.507 e. The number of hydrogen-bond acceptors (Lipinski definition) is 12. The first-order chi connectivity index (χ1) is 31.2. The normalized spacial score (nSPS) is 11.5. The first-order valence-electron chi connectivity index (χ1n) is 21.5. The number of benzene rings is 4. The van der Waals surface area contributed by atoms with E-state index in [1.807, 2.05) is 65.8 Å². The molecule has 0 aliphatic carbocycles. The topological polar surface area (TPSA) is 178 Å². The third kappa shape index (κ3) is 26.0. The van der Waals surface area contributed by atoms with Gasteiger partial charge in [0.2, 0.25) is 0 Å². The van der Waals surface area contributed by atoms with Crippen LogP contribution in [0, 0.1) is 0 Å². The van der Waals surface area contributed by atoms with E-state index >= 15 is 0 Å². The minimum absolute atomic E-state index is 0. The second-order valence-corrected chi connectivity index (χ2v) is 13.2. The van der Waals surface area contributed by atoms with Crippen LogP contribution in [0.3, 0.4) is 0 Å². The molecule has 4 aromatic carbocycles. The molecule has 0 radical (unpaired) electrons. The van der Waals surface area contributed by atoms with Gasteiger partial charge in [0.25, 0.3) is 0 Å². The fourth-order valence-corrected chi connectivity index (χ4v) is 5.55. The van der Waals surface area contributed by atoms with E-state index in [0.717, 1.165) is 16.7 Å². The average Bonchev–Trinajstić information content (AvgIpc) is 3.33. The Balaban J connectivity index is -0.000000522. The van der Waals surface area contributed by atoms with Crippen LogP contribution in [-0.2, 0) is 19.0 Å². The van der Waals surface area contributed by atoms with E-state index in [-0.39, 0.29) is 139 Å². The Morgan fingerprint density at radius 2 is 0.779 bits per heavy atom. The number of phenolic OH excluding ortho intramolecular Hbond substituents is 4. The Morgan fingerprint density at radius 3 is 1.10 bits per heavy atom. The fourth-order valence-electron chi connectivity index (χ4n) is 5.55. The number of methoxy groups -OCH3 is 5. The summed E-state index contributed by atoms with van der Waals surface area (Å²) in [5, 5.41) is 38.8. The van der Waals surface area contributed by atoms with E-state index in [2.05, 4.69) is 0 Å².